The van der Waals surface area contributed by atoms with Gasteiger partial charge in [0, 0.05) is 12.1 Å². The van der Waals surface area contributed by atoms with Crippen LogP contribution in [0.5, 0.6) is 5.75 Å². The van der Waals surface area contributed by atoms with Crippen LogP contribution in [0.4, 0.5) is 24.5 Å². The summed E-state index contributed by atoms with van der Waals surface area (Å²) in [5.74, 6) is -1.41. The quantitative estimate of drug-likeness (QED) is 0.463. The Morgan fingerprint density at radius 2 is 1.65 bits per heavy atom. The third-order valence-corrected chi connectivity index (χ3v) is 3.27. The topological polar surface area (TPSA) is 142 Å². The zero-order valence-electron chi connectivity index (χ0n) is 11.1. The Bertz CT molecular complexity index is 657. The maximum atomic E-state index is 12.7. The second-order valence-electron chi connectivity index (χ2n) is 3.83. The highest BCUT2D eigenvalue weighted by molar-refractivity contribution is 7.47. The average Bonchev–Trinajstić information content (AvgIpc) is 2.35. The highest BCUT2D eigenvalue weighted by Gasteiger charge is 2.40. The van der Waals surface area contributed by atoms with Crippen LogP contribution in [0.3, 0.4) is 0 Å². The SMILES string of the molecule is CCOP(=O)(O)Oc1c([N+](=O)[O-])cc(C(F)(F)F)cc1[N+](=O)[O-]. The third-order valence-electron chi connectivity index (χ3n) is 2.27. The van der Waals surface area contributed by atoms with E-state index in [9.17, 15) is 42.9 Å². The summed E-state index contributed by atoms with van der Waals surface area (Å²) in [6.45, 7) is 0.859. The minimum atomic E-state index is -5.11. The van der Waals surface area contributed by atoms with Gasteiger partial charge in [-0.15, -0.1) is 0 Å². The maximum Gasteiger partial charge on any atom is 0.527 e. The number of halogens is 3. The largest absolute Gasteiger partial charge is 0.527 e. The van der Waals surface area contributed by atoms with Gasteiger partial charge in [0.1, 0.15) is 0 Å². The van der Waals surface area contributed by atoms with E-state index in [1.54, 1.807) is 0 Å². The molecule has 14 heteroatoms. The van der Waals surface area contributed by atoms with Crippen LogP contribution < -0.4 is 4.52 Å². The zero-order chi connectivity index (χ0) is 18.0. The summed E-state index contributed by atoms with van der Waals surface area (Å²) in [6, 6.07) is -0.0947. The van der Waals surface area contributed by atoms with E-state index >= 15 is 0 Å². The van der Waals surface area contributed by atoms with Crippen molar-refractivity contribution in [3.05, 3.63) is 37.9 Å². The molecule has 23 heavy (non-hydrogen) atoms. The molecule has 1 aromatic carbocycles. The van der Waals surface area contributed by atoms with E-state index in [2.05, 4.69) is 9.05 Å². The van der Waals surface area contributed by atoms with Crippen molar-refractivity contribution in [3.8, 4) is 5.75 Å². The van der Waals surface area contributed by atoms with E-state index in [-0.39, 0.29) is 12.1 Å². The summed E-state index contributed by atoms with van der Waals surface area (Å²) < 4.78 is 57.9. The lowest BCUT2D eigenvalue weighted by molar-refractivity contribution is -0.395. The van der Waals surface area contributed by atoms with Crippen molar-refractivity contribution in [2.75, 3.05) is 6.61 Å². The fourth-order valence-corrected chi connectivity index (χ4v) is 2.23. The zero-order valence-corrected chi connectivity index (χ0v) is 12.0. The van der Waals surface area contributed by atoms with Crippen LogP contribution in [0.2, 0.25) is 0 Å². The van der Waals surface area contributed by atoms with Crippen molar-refractivity contribution in [1.29, 1.82) is 0 Å². The first-order chi connectivity index (χ1) is 10.4. The van der Waals surface area contributed by atoms with Gasteiger partial charge in [-0.2, -0.15) is 13.2 Å². The second kappa shape index (κ2) is 6.48. The average molecular weight is 360 g/mol. The van der Waals surface area contributed by atoms with Crippen molar-refractivity contribution < 1.29 is 41.5 Å². The second-order valence-corrected chi connectivity index (χ2v) is 5.21. The molecule has 0 saturated carbocycles. The van der Waals surface area contributed by atoms with Gasteiger partial charge in [0.2, 0.25) is 0 Å². The van der Waals surface area contributed by atoms with Gasteiger partial charge in [-0.3, -0.25) is 29.6 Å². The Kier molecular flexibility index (Phi) is 5.30. The number of hydrogen-bond acceptors (Lipinski definition) is 7. The highest BCUT2D eigenvalue weighted by Crippen LogP contribution is 2.51. The molecule has 0 aliphatic heterocycles. The van der Waals surface area contributed by atoms with Crippen molar-refractivity contribution >= 4 is 19.2 Å². The number of phosphoric acid groups is 1. The smallest absolute Gasteiger partial charge is 0.389 e. The van der Waals surface area contributed by atoms with Crippen LogP contribution in [0.15, 0.2) is 12.1 Å². The molecule has 0 amide bonds. The molecule has 0 bridgehead atoms. The van der Waals surface area contributed by atoms with Gasteiger partial charge in [-0.1, -0.05) is 0 Å². The molecule has 128 valence electrons. The first kappa shape index (κ1) is 18.8. The van der Waals surface area contributed by atoms with Crippen LogP contribution in [0.1, 0.15) is 12.5 Å². The van der Waals surface area contributed by atoms with Gasteiger partial charge >= 0.3 is 25.4 Å². The summed E-state index contributed by atoms with van der Waals surface area (Å²) >= 11 is 0. The lowest BCUT2D eigenvalue weighted by Gasteiger charge is -2.13. The van der Waals surface area contributed by atoms with Crippen LogP contribution in [-0.4, -0.2) is 21.3 Å². The normalized spacial score (nSPS) is 14.1. The molecule has 0 radical (unpaired) electrons. The molecule has 1 rings (SSSR count). The first-order valence-electron chi connectivity index (χ1n) is 5.60. The van der Waals surface area contributed by atoms with Gasteiger partial charge in [0.05, 0.1) is 22.0 Å². The van der Waals surface area contributed by atoms with E-state index in [1.165, 1.54) is 6.92 Å². The molecule has 0 saturated heterocycles. The maximum absolute atomic E-state index is 12.7. The molecular weight excluding hydrogens is 352 g/mol. The van der Waals surface area contributed by atoms with Crippen molar-refractivity contribution in [3.63, 3.8) is 0 Å². The Balaban J connectivity index is 3.63. The number of nitrogens with zero attached hydrogens (tertiary/aromatic N) is 2. The number of alkyl halides is 3. The van der Waals surface area contributed by atoms with E-state index in [0.717, 1.165) is 0 Å². The van der Waals surface area contributed by atoms with E-state index in [1.807, 2.05) is 0 Å². The molecule has 0 aliphatic rings. The molecule has 0 spiro atoms. The van der Waals surface area contributed by atoms with Crippen LogP contribution in [0, 0.1) is 20.2 Å². The number of phosphoric ester groups is 1. The summed E-state index contributed by atoms with van der Waals surface area (Å²) in [7, 11) is -4.99. The first-order valence-corrected chi connectivity index (χ1v) is 7.09. The summed E-state index contributed by atoms with van der Waals surface area (Å²) in [5, 5.41) is 21.7. The minimum Gasteiger partial charge on any atom is -0.389 e. The number of rotatable bonds is 6. The Morgan fingerprint density at radius 1 is 1.22 bits per heavy atom. The summed E-state index contributed by atoms with van der Waals surface area (Å²) in [6.07, 6.45) is -5.11. The van der Waals surface area contributed by atoms with Gasteiger partial charge in [0.15, 0.2) is 0 Å². The Labute approximate surface area is 125 Å². The predicted molar refractivity (Wildman–Crippen MR) is 66.8 cm³/mol. The number of nitro benzene ring substituents is 2. The van der Waals surface area contributed by atoms with Crippen LogP contribution >= 0.6 is 7.82 Å². The molecule has 1 aromatic rings. The molecule has 1 N–H and O–H groups in total. The van der Waals surface area contributed by atoms with Crippen LogP contribution in [0.25, 0.3) is 0 Å². The molecule has 1 unspecified atom stereocenters. The van der Waals surface area contributed by atoms with E-state index in [4.69, 9.17) is 0 Å². The van der Waals surface area contributed by atoms with Gasteiger partial charge in [-0.25, -0.2) is 4.57 Å². The fourth-order valence-electron chi connectivity index (χ4n) is 1.43. The van der Waals surface area contributed by atoms with Crippen molar-refractivity contribution in [2.24, 2.45) is 0 Å². The van der Waals surface area contributed by atoms with Gasteiger partial charge in [-0.05, 0) is 6.92 Å². The minimum absolute atomic E-state index is 0.0473. The van der Waals surface area contributed by atoms with Gasteiger partial charge in [0.25, 0.3) is 5.75 Å². The summed E-state index contributed by atoms with van der Waals surface area (Å²) in [5.41, 5.74) is -4.69. The van der Waals surface area contributed by atoms with E-state index in [0.29, 0.717) is 0 Å². The standard InChI is InChI=1S/C9H8F3N2O8P/c1-2-21-23(19,20)22-8-6(13(15)16)3-5(9(10,11)12)4-7(8)14(17)18/h3-4H,2H2,1H3,(H,19,20). The molecule has 0 aliphatic carbocycles. The summed E-state index contributed by atoms with van der Waals surface area (Å²) in [4.78, 5) is 28.1. The highest BCUT2D eigenvalue weighted by atomic mass is 31.2. The van der Waals surface area contributed by atoms with Crippen LogP contribution in [-0.2, 0) is 15.3 Å². The molecule has 0 heterocycles. The molecule has 1 atom stereocenters. The fraction of sp³-hybridized carbons (Fsp3) is 0.333. The molecule has 0 aromatic heterocycles. The third kappa shape index (κ3) is 4.61. The van der Waals surface area contributed by atoms with Crippen molar-refractivity contribution in [1.82, 2.24) is 0 Å². The number of hydrogen-bond donors (Lipinski definition) is 1. The predicted octanol–water partition coefficient (Wildman–Crippen LogP) is 3.04. The Morgan fingerprint density at radius 3 is 1.96 bits per heavy atom. The lowest BCUT2D eigenvalue weighted by atomic mass is 10.1. The van der Waals surface area contributed by atoms with E-state index < -0.39 is 53.1 Å². The monoisotopic (exact) mass is 360 g/mol. The number of benzene rings is 1. The lowest BCUT2D eigenvalue weighted by Crippen LogP contribution is -2.09. The Hall–Kier alpha value is -2.24. The molecular formula is C9H8F3N2O8P. The van der Waals surface area contributed by atoms with Gasteiger partial charge < -0.3 is 4.52 Å². The van der Waals surface area contributed by atoms with Crippen molar-refractivity contribution in [2.45, 2.75) is 13.1 Å². The molecule has 10 nitrogen and oxygen atoms in total. The number of nitro groups is 2. The molecule has 0 fully saturated rings.